The van der Waals surface area contributed by atoms with Gasteiger partial charge in [-0.05, 0) is 108 Å². The molecular weight excluding hydrogens is 945 g/mol. The molecule has 0 aromatic rings. The smallest absolute Gasteiger partial charge is 0.242 e. The molecule has 0 radical (unpaired) electrons. The minimum Gasteiger partial charge on any atom is -0.368 e. The fraction of sp³-hybridized carbons (Fsp3) is 0.862. The number of unbranched alkanes of at least 4 members (excludes halogenated alkanes) is 27. The SMILES string of the molecule is CCCCCCCC/C=C\CCCCCCCCN(CC(=O)N(CC(=O)N(CCCCCCCC/C=C\CCCCCCCC)CC(=O)N(CC(N)=O)CC(CC)CCCC)CC(CC)CCCC)C(=O)CCCCN. The summed E-state index contributed by atoms with van der Waals surface area (Å²) in [7, 11) is 0. The third-order valence-electron chi connectivity index (χ3n) is 15.5. The van der Waals surface area contributed by atoms with Crippen LogP contribution in [-0.4, -0.2) is 108 Å². The van der Waals surface area contributed by atoms with Crippen molar-refractivity contribution < 1.29 is 24.0 Å². The maximum absolute atomic E-state index is 14.7. The Morgan fingerprint density at radius 3 is 1.03 bits per heavy atom. The molecule has 11 nitrogen and oxygen atoms in total. The van der Waals surface area contributed by atoms with E-state index in [1.165, 1.54) is 116 Å². The first-order chi connectivity index (χ1) is 37.0. The third-order valence-corrected chi connectivity index (χ3v) is 15.5. The quantitative estimate of drug-likeness (QED) is 0.0457. The van der Waals surface area contributed by atoms with Gasteiger partial charge in [-0.15, -0.1) is 0 Å². The second-order valence-corrected chi connectivity index (χ2v) is 22.6. The Morgan fingerprint density at radius 2 is 0.671 bits per heavy atom. The normalized spacial score (nSPS) is 12.4. The average molecular weight is 1070 g/mol. The third kappa shape index (κ3) is 42.8. The highest BCUT2D eigenvalue weighted by Gasteiger charge is 2.29. The molecule has 5 amide bonds. The molecule has 0 spiro atoms. The van der Waals surface area contributed by atoms with E-state index in [-0.39, 0.29) is 61.6 Å². The number of hydrogen-bond acceptors (Lipinski definition) is 6. The lowest BCUT2D eigenvalue weighted by molar-refractivity contribution is -0.147. The fourth-order valence-electron chi connectivity index (χ4n) is 10.2. The van der Waals surface area contributed by atoms with Gasteiger partial charge in [-0.2, -0.15) is 0 Å². The Bertz CT molecular complexity index is 1450. The number of nitrogens with two attached hydrogens (primary N) is 2. The molecule has 444 valence electrons. The van der Waals surface area contributed by atoms with Gasteiger partial charge in [-0.25, -0.2) is 0 Å². The topological polar surface area (TPSA) is 150 Å². The first-order valence-corrected chi connectivity index (χ1v) is 32.4. The lowest BCUT2D eigenvalue weighted by Crippen LogP contribution is -2.51. The van der Waals surface area contributed by atoms with Crippen LogP contribution in [0.5, 0.6) is 0 Å². The Kier molecular flexibility index (Phi) is 51.5. The zero-order valence-corrected chi connectivity index (χ0v) is 50.9. The van der Waals surface area contributed by atoms with Crippen molar-refractivity contribution in [3.63, 3.8) is 0 Å². The summed E-state index contributed by atoms with van der Waals surface area (Å²) in [6, 6.07) is 0. The summed E-state index contributed by atoms with van der Waals surface area (Å²) in [6.07, 6.45) is 52.2. The molecule has 0 aliphatic carbocycles. The summed E-state index contributed by atoms with van der Waals surface area (Å²) in [5, 5.41) is 0. The molecule has 0 bridgehead atoms. The molecule has 0 heterocycles. The molecule has 0 saturated heterocycles. The van der Waals surface area contributed by atoms with E-state index in [4.69, 9.17) is 11.5 Å². The lowest BCUT2D eigenvalue weighted by atomic mass is 9.98. The maximum Gasteiger partial charge on any atom is 0.242 e. The Hall–Kier alpha value is -3.21. The van der Waals surface area contributed by atoms with Gasteiger partial charge in [0.2, 0.25) is 29.5 Å². The van der Waals surface area contributed by atoms with Gasteiger partial charge in [-0.1, -0.05) is 220 Å². The van der Waals surface area contributed by atoms with Crippen LogP contribution in [0.2, 0.25) is 0 Å². The van der Waals surface area contributed by atoms with E-state index in [0.29, 0.717) is 45.6 Å². The van der Waals surface area contributed by atoms with E-state index in [9.17, 15) is 24.0 Å². The first kappa shape index (κ1) is 72.8. The van der Waals surface area contributed by atoms with Crippen molar-refractivity contribution in [2.45, 2.75) is 292 Å². The summed E-state index contributed by atoms with van der Waals surface area (Å²) < 4.78 is 0. The van der Waals surface area contributed by atoms with Crippen molar-refractivity contribution in [3.8, 4) is 0 Å². The molecule has 76 heavy (non-hydrogen) atoms. The van der Waals surface area contributed by atoms with Gasteiger partial charge in [0.25, 0.3) is 0 Å². The molecule has 4 N–H and O–H groups in total. The number of amides is 5. The fourth-order valence-corrected chi connectivity index (χ4v) is 10.2. The number of rotatable bonds is 56. The van der Waals surface area contributed by atoms with Gasteiger partial charge in [-0.3, -0.25) is 24.0 Å². The molecule has 0 aliphatic rings. The van der Waals surface area contributed by atoms with Gasteiger partial charge < -0.3 is 31.1 Å². The van der Waals surface area contributed by atoms with E-state index in [1.807, 2.05) is 0 Å². The summed E-state index contributed by atoms with van der Waals surface area (Å²) in [6.45, 7) is 14.8. The van der Waals surface area contributed by atoms with Crippen molar-refractivity contribution in [2.75, 3.05) is 58.9 Å². The summed E-state index contributed by atoms with van der Waals surface area (Å²) in [5.41, 5.74) is 11.5. The molecule has 0 rings (SSSR count). The molecule has 2 unspecified atom stereocenters. The monoisotopic (exact) mass is 1070 g/mol. The van der Waals surface area contributed by atoms with Crippen LogP contribution in [0.3, 0.4) is 0 Å². The molecule has 11 heteroatoms. The van der Waals surface area contributed by atoms with Gasteiger partial charge in [0.05, 0.1) is 26.2 Å². The highest BCUT2D eigenvalue weighted by Crippen LogP contribution is 2.19. The number of allylic oxidation sites excluding steroid dienone is 4. The molecule has 0 aliphatic heterocycles. The van der Waals surface area contributed by atoms with E-state index in [0.717, 1.165) is 122 Å². The van der Waals surface area contributed by atoms with Crippen LogP contribution >= 0.6 is 0 Å². The predicted octanol–water partition coefficient (Wildman–Crippen LogP) is 15.4. The van der Waals surface area contributed by atoms with Crippen molar-refractivity contribution in [2.24, 2.45) is 23.3 Å². The largest absolute Gasteiger partial charge is 0.368 e. The van der Waals surface area contributed by atoms with Crippen LogP contribution in [0.15, 0.2) is 24.3 Å². The van der Waals surface area contributed by atoms with Crippen LogP contribution < -0.4 is 11.5 Å². The maximum atomic E-state index is 14.7. The van der Waals surface area contributed by atoms with E-state index in [2.05, 4.69) is 65.8 Å². The zero-order chi connectivity index (χ0) is 56.1. The second-order valence-electron chi connectivity index (χ2n) is 22.6. The minimum atomic E-state index is -0.571. The number of carbonyl (C=O) groups is 5. The Balaban J connectivity index is 6.06. The summed E-state index contributed by atoms with van der Waals surface area (Å²) >= 11 is 0. The number of carbonyl (C=O) groups excluding carboxylic acids is 5. The number of hydrogen-bond donors (Lipinski definition) is 2. The number of primary amides is 1. The average Bonchev–Trinajstić information content (AvgIpc) is 3.41. The highest BCUT2D eigenvalue weighted by molar-refractivity contribution is 5.91. The van der Waals surface area contributed by atoms with Crippen molar-refractivity contribution >= 4 is 29.5 Å². The summed E-state index contributed by atoms with van der Waals surface area (Å²) in [4.78, 5) is 76.4. The second kappa shape index (κ2) is 53.8. The first-order valence-electron chi connectivity index (χ1n) is 32.4. The van der Waals surface area contributed by atoms with Gasteiger partial charge >= 0.3 is 0 Å². The van der Waals surface area contributed by atoms with Crippen LogP contribution in [0.1, 0.15) is 292 Å². The minimum absolute atomic E-state index is 0.0371. The lowest BCUT2D eigenvalue weighted by Gasteiger charge is -2.33. The van der Waals surface area contributed by atoms with Crippen molar-refractivity contribution in [3.05, 3.63) is 24.3 Å². The van der Waals surface area contributed by atoms with E-state index < -0.39 is 5.91 Å². The van der Waals surface area contributed by atoms with E-state index in [1.54, 1.807) is 19.6 Å². The van der Waals surface area contributed by atoms with Crippen LogP contribution in [0, 0.1) is 11.8 Å². The molecule has 0 fully saturated rings. The van der Waals surface area contributed by atoms with Crippen molar-refractivity contribution in [1.29, 1.82) is 0 Å². The zero-order valence-electron chi connectivity index (χ0n) is 50.9. The molecule has 0 aromatic heterocycles. The molecule has 0 aromatic carbocycles. The molecule has 0 saturated carbocycles. The Labute approximate surface area is 469 Å². The molecule has 2 atom stereocenters. The highest BCUT2D eigenvalue weighted by atomic mass is 16.2. The number of nitrogens with zero attached hydrogens (tertiary/aromatic N) is 4. The summed E-state index contributed by atoms with van der Waals surface area (Å²) in [5.74, 6) is -0.963. The van der Waals surface area contributed by atoms with Crippen LogP contribution in [0.25, 0.3) is 0 Å². The molecular formula is C65H124N6O5. The van der Waals surface area contributed by atoms with Gasteiger partial charge in [0, 0.05) is 32.6 Å². The van der Waals surface area contributed by atoms with Crippen LogP contribution in [-0.2, 0) is 24.0 Å². The van der Waals surface area contributed by atoms with Gasteiger partial charge in [0.15, 0.2) is 0 Å². The van der Waals surface area contributed by atoms with Crippen LogP contribution in [0.4, 0.5) is 0 Å². The Morgan fingerprint density at radius 1 is 0.355 bits per heavy atom. The standard InChI is InChI=1S/C65H124N6O5/c1-7-13-17-19-21-23-25-27-29-31-33-35-37-39-41-45-51-68(62(73)49-43-44-50-66)56-65(76)71(54-60(12-6)48-16-10-4)58-63(74)69(57-64(75)70(55-61(67)72)53-59(11-5)47-15-9-3)52-46-42-40-38-36-34-32-30-28-26-24-22-20-18-14-8-2/h27-30,59-60H,7-26,31-58,66H2,1-6H3,(H2,67,72)/b29-27-,30-28-. The predicted molar refractivity (Wildman–Crippen MR) is 324 cm³/mol. The van der Waals surface area contributed by atoms with E-state index >= 15 is 0 Å². The van der Waals surface area contributed by atoms with Gasteiger partial charge in [0.1, 0.15) is 0 Å². The van der Waals surface area contributed by atoms with Crippen molar-refractivity contribution in [1.82, 2.24) is 19.6 Å².